The fourth-order valence-electron chi connectivity index (χ4n) is 2.93. The van der Waals surface area contributed by atoms with E-state index in [0.717, 1.165) is 12.2 Å². The monoisotopic (exact) mass is 292 g/mol. The van der Waals surface area contributed by atoms with Gasteiger partial charge in [-0.2, -0.15) is 0 Å². The smallest absolute Gasteiger partial charge is 0.307 e. The van der Waals surface area contributed by atoms with E-state index in [-0.39, 0.29) is 23.4 Å². The Morgan fingerprint density at radius 2 is 1.67 bits per heavy atom. The molecule has 1 N–H and O–H groups in total. The first kappa shape index (κ1) is 17.5. The van der Waals surface area contributed by atoms with Crippen molar-refractivity contribution in [2.75, 3.05) is 0 Å². The summed E-state index contributed by atoms with van der Waals surface area (Å²) in [4.78, 5) is 10.6. The van der Waals surface area contributed by atoms with Crippen LogP contribution in [-0.2, 0) is 10.2 Å². The largest absolute Gasteiger partial charge is 0.490 e. The van der Waals surface area contributed by atoms with Gasteiger partial charge in [-0.25, -0.2) is 0 Å². The Kier molecular flexibility index (Phi) is 5.43. The molecule has 0 amide bonds. The number of aliphatic carboxylic acids is 1. The van der Waals surface area contributed by atoms with Crippen molar-refractivity contribution in [2.24, 2.45) is 5.41 Å². The number of rotatable bonds is 6. The zero-order chi connectivity index (χ0) is 16.3. The molecule has 1 aromatic rings. The third-order valence-electron chi connectivity index (χ3n) is 3.41. The van der Waals surface area contributed by atoms with Crippen molar-refractivity contribution >= 4 is 5.97 Å². The molecule has 118 valence electrons. The molecule has 0 fully saturated rings. The van der Waals surface area contributed by atoms with Gasteiger partial charge in [0.15, 0.2) is 0 Å². The predicted molar refractivity (Wildman–Crippen MR) is 85.9 cm³/mol. The van der Waals surface area contributed by atoms with E-state index in [0.29, 0.717) is 0 Å². The summed E-state index contributed by atoms with van der Waals surface area (Å²) in [5.41, 5.74) is 1.65. The van der Waals surface area contributed by atoms with Crippen LogP contribution in [0.25, 0.3) is 0 Å². The minimum atomic E-state index is -0.842. The lowest BCUT2D eigenvalue weighted by Gasteiger charge is -2.33. The molecule has 0 heterocycles. The van der Waals surface area contributed by atoms with Gasteiger partial charge in [-0.15, -0.1) is 0 Å². The first-order valence-corrected chi connectivity index (χ1v) is 7.49. The van der Waals surface area contributed by atoms with Crippen LogP contribution in [0, 0.1) is 5.41 Å². The van der Waals surface area contributed by atoms with E-state index < -0.39 is 5.97 Å². The molecule has 21 heavy (non-hydrogen) atoms. The minimum absolute atomic E-state index is 0.0112. The highest BCUT2D eigenvalue weighted by Crippen LogP contribution is 2.36. The van der Waals surface area contributed by atoms with Crippen LogP contribution in [-0.4, -0.2) is 17.2 Å². The summed E-state index contributed by atoms with van der Waals surface area (Å²) >= 11 is 0. The molecule has 0 aliphatic rings. The predicted octanol–water partition coefficient (Wildman–Crippen LogP) is 4.64. The third kappa shape index (κ3) is 6.19. The standard InChI is InChI=1S/C18H28O3/c1-13(11-16(19)20)21-15-9-7-14(8-10-15)18(5,6)12-17(2,3)4/h7-10,13H,11-12H2,1-6H3,(H,19,20)/t13-/m0/s1. The van der Waals surface area contributed by atoms with Gasteiger partial charge in [0.25, 0.3) is 0 Å². The average molecular weight is 292 g/mol. The molecule has 0 saturated carbocycles. The maximum absolute atomic E-state index is 10.6. The maximum Gasteiger partial charge on any atom is 0.307 e. The lowest BCUT2D eigenvalue weighted by Crippen LogP contribution is -2.24. The van der Waals surface area contributed by atoms with E-state index in [1.807, 2.05) is 12.1 Å². The molecule has 1 atom stereocenters. The van der Waals surface area contributed by atoms with Crippen molar-refractivity contribution in [1.29, 1.82) is 0 Å². The van der Waals surface area contributed by atoms with Gasteiger partial charge in [0.05, 0.1) is 6.42 Å². The van der Waals surface area contributed by atoms with Crippen LogP contribution in [0.1, 0.15) is 59.9 Å². The highest BCUT2D eigenvalue weighted by Gasteiger charge is 2.27. The van der Waals surface area contributed by atoms with Crippen LogP contribution >= 0.6 is 0 Å². The second kappa shape index (κ2) is 6.50. The molecule has 3 heteroatoms. The van der Waals surface area contributed by atoms with Gasteiger partial charge in [0.2, 0.25) is 0 Å². The molecule has 0 unspecified atom stereocenters. The van der Waals surface area contributed by atoms with E-state index in [1.54, 1.807) is 6.92 Å². The van der Waals surface area contributed by atoms with Crippen LogP contribution in [0.2, 0.25) is 0 Å². The number of carboxylic acids is 1. The Hall–Kier alpha value is -1.51. The van der Waals surface area contributed by atoms with Gasteiger partial charge in [-0.1, -0.05) is 46.8 Å². The number of hydrogen-bond acceptors (Lipinski definition) is 2. The SMILES string of the molecule is C[C@@H](CC(=O)O)Oc1ccc(C(C)(C)CC(C)(C)C)cc1. The summed E-state index contributed by atoms with van der Waals surface area (Å²) in [5.74, 6) is -0.121. The average Bonchev–Trinajstić information content (AvgIpc) is 2.24. The summed E-state index contributed by atoms with van der Waals surface area (Å²) in [7, 11) is 0. The Morgan fingerprint density at radius 3 is 2.10 bits per heavy atom. The zero-order valence-corrected chi connectivity index (χ0v) is 14.1. The molecular weight excluding hydrogens is 264 g/mol. The van der Waals surface area contributed by atoms with Gasteiger partial charge < -0.3 is 9.84 Å². The Balaban J connectivity index is 2.75. The highest BCUT2D eigenvalue weighted by molar-refractivity contribution is 5.67. The Bertz CT molecular complexity index is 466. The van der Waals surface area contributed by atoms with Crippen LogP contribution < -0.4 is 4.74 Å². The van der Waals surface area contributed by atoms with Crippen molar-refractivity contribution in [3.05, 3.63) is 29.8 Å². The number of carboxylic acid groups (broad SMARTS) is 1. The zero-order valence-electron chi connectivity index (χ0n) is 14.1. The van der Waals surface area contributed by atoms with E-state index in [2.05, 4.69) is 46.8 Å². The maximum atomic E-state index is 10.6. The molecule has 0 spiro atoms. The normalized spacial score (nSPS) is 13.8. The lowest BCUT2D eigenvalue weighted by molar-refractivity contribution is -0.138. The van der Waals surface area contributed by atoms with E-state index in [9.17, 15) is 4.79 Å². The van der Waals surface area contributed by atoms with Crippen molar-refractivity contribution in [2.45, 2.75) is 65.9 Å². The summed E-state index contributed by atoms with van der Waals surface area (Å²) < 4.78 is 5.61. The van der Waals surface area contributed by atoms with Crippen LogP contribution in [0.3, 0.4) is 0 Å². The third-order valence-corrected chi connectivity index (χ3v) is 3.41. The minimum Gasteiger partial charge on any atom is -0.490 e. The van der Waals surface area contributed by atoms with E-state index in [1.165, 1.54) is 5.56 Å². The fraction of sp³-hybridized carbons (Fsp3) is 0.611. The summed E-state index contributed by atoms with van der Waals surface area (Å²) in [5, 5.41) is 8.74. The van der Waals surface area contributed by atoms with Gasteiger partial charge in [-0.05, 0) is 41.9 Å². The molecule has 0 radical (unpaired) electrons. The van der Waals surface area contributed by atoms with Gasteiger partial charge >= 0.3 is 5.97 Å². The van der Waals surface area contributed by atoms with Crippen molar-refractivity contribution in [1.82, 2.24) is 0 Å². The topological polar surface area (TPSA) is 46.5 Å². The Morgan fingerprint density at radius 1 is 1.14 bits per heavy atom. The number of carbonyl (C=O) groups is 1. The molecular formula is C18H28O3. The van der Waals surface area contributed by atoms with Crippen molar-refractivity contribution < 1.29 is 14.6 Å². The first-order valence-electron chi connectivity index (χ1n) is 7.49. The molecule has 0 aliphatic heterocycles. The Labute approximate surface area is 128 Å². The van der Waals surface area contributed by atoms with Gasteiger partial charge in [0, 0.05) is 0 Å². The number of benzene rings is 1. The summed E-state index contributed by atoms with van der Waals surface area (Å²) in [6.45, 7) is 13.0. The second-order valence-electron chi connectivity index (χ2n) is 7.67. The summed E-state index contributed by atoms with van der Waals surface area (Å²) in [6, 6.07) is 8.01. The van der Waals surface area contributed by atoms with Crippen molar-refractivity contribution in [3.63, 3.8) is 0 Å². The molecule has 1 aromatic carbocycles. The van der Waals surface area contributed by atoms with Crippen LogP contribution in [0.4, 0.5) is 0 Å². The molecule has 1 rings (SSSR count). The fourth-order valence-corrected chi connectivity index (χ4v) is 2.93. The first-order chi connectivity index (χ1) is 9.49. The molecule has 0 aliphatic carbocycles. The van der Waals surface area contributed by atoms with Gasteiger partial charge in [0.1, 0.15) is 11.9 Å². The molecule has 3 nitrogen and oxygen atoms in total. The van der Waals surface area contributed by atoms with E-state index >= 15 is 0 Å². The molecule has 0 aromatic heterocycles. The van der Waals surface area contributed by atoms with Crippen molar-refractivity contribution in [3.8, 4) is 5.75 Å². The molecule has 0 bridgehead atoms. The second-order valence-corrected chi connectivity index (χ2v) is 7.67. The van der Waals surface area contributed by atoms with E-state index in [4.69, 9.17) is 9.84 Å². The van der Waals surface area contributed by atoms with Crippen LogP contribution in [0.5, 0.6) is 5.75 Å². The molecule has 0 saturated heterocycles. The van der Waals surface area contributed by atoms with Gasteiger partial charge in [-0.3, -0.25) is 4.79 Å². The highest BCUT2D eigenvalue weighted by atomic mass is 16.5. The quantitative estimate of drug-likeness (QED) is 0.830. The number of ether oxygens (including phenoxy) is 1. The summed E-state index contributed by atoms with van der Waals surface area (Å²) in [6.07, 6.45) is 0.781. The van der Waals surface area contributed by atoms with Crippen LogP contribution in [0.15, 0.2) is 24.3 Å². The lowest BCUT2D eigenvalue weighted by atomic mass is 9.72. The number of hydrogen-bond donors (Lipinski definition) is 1.